The Balaban J connectivity index is 1.27. The molecule has 3 aliphatic rings. The molecule has 2 atom stereocenters. The molecule has 0 radical (unpaired) electrons. The molecule has 0 aliphatic carbocycles. The van der Waals surface area contributed by atoms with Gasteiger partial charge in [0, 0.05) is 43.4 Å². The highest BCUT2D eigenvalue weighted by atomic mass is 32.2. The lowest BCUT2D eigenvalue weighted by Gasteiger charge is -2.36. The summed E-state index contributed by atoms with van der Waals surface area (Å²) in [7, 11) is 0. The fraction of sp³-hybridized carbons (Fsp3) is 0.381. The predicted molar refractivity (Wildman–Crippen MR) is 117 cm³/mol. The van der Waals surface area contributed by atoms with Gasteiger partial charge in [-0.3, -0.25) is 9.59 Å². The molecule has 9 heteroatoms. The second-order valence-corrected chi connectivity index (χ2v) is 10.0. The van der Waals surface area contributed by atoms with Gasteiger partial charge in [0.25, 0.3) is 5.91 Å². The summed E-state index contributed by atoms with van der Waals surface area (Å²) < 4.78 is 15.2. The van der Waals surface area contributed by atoms with Gasteiger partial charge < -0.3 is 15.2 Å². The maximum absolute atomic E-state index is 14.1. The van der Waals surface area contributed by atoms with Crippen LogP contribution in [0.4, 0.5) is 10.1 Å². The fourth-order valence-corrected chi connectivity index (χ4v) is 6.79. The highest BCUT2D eigenvalue weighted by Gasteiger charge is 2.43. The maximum atomic E-state index is 14.1. The fourth-order valence-electron chi connectivity index (χ4n) is 4.22. The molecule has 5 rings (SSSR count). The number of ketones is 1. The summed E-state index contributed by atoms with van der Waals surface area (Å²) in [6.07, 6.45) is 0. The number of nitrogens with one attached hydrogen (secondary N) is 1. The second kappa shape index (κ2) is 7.70. The van der Waals surface area contributed by atoms with Crippen LogP contribution in [-0.4, -0.2) is 54.2 Å². The summed E-state index contributed by atoms with van der Waals surface area (Å²) >= 11 is 3.22. The first kappa shape index (κ1) is 19.6. The maximum Gasteiger partial charge on any atom is 0.270 e. The van der Waals surface area contributed by atoms with Crippen molar-refractivity contribution in [3.63, 3.8) is 0 Å². The number of amides is 1. The largest absolute Gasteiger partial charge is 0.366 e. The molecular weight excluding hydrogens is 423 g/mol. The Morgan fingerprint density at radius 2 is 1.97 bits per heavy atom. The molecule has 0 bridgehead atoms. The summed E-state index contributed by atoms with van der Waals surface area (Å²) in [5.41, 5.74) is 5.36. The molecule has 0 saturated carbocycles. The van der Waals surface area contributed by atoms with E-state index in [4.69, 9.17) is 0 Å². The molecule has 6 nitrogen and oxygen atoms in total. The van der Waals surface area contributed by atoms with Gasteiger partial charge in [0.15, 0.2) is 5.78 Å². The second-order valence-electron chi connectivity index (χ2n) is 7.66. The van der Waals surface area contributed by atoms with Gasteiger partial charge >= 0.3 is 0 Å². The van der Waals surface area contributed by atoms with E-state index in [2.05, 4.69) is 10.5 Å². The van der Waals surface area contributed by atoms with E-state index in [-0.39, 0.29) is 29.5 Å². The number of hydrogen-bond donors (Lipinski definition) is 1. The smallest absolute Gasteiger partial charge is 0.270 e. The van der Waals surface area contributed by atoms with Crippen molar-refractivity contribution in [1.29, 1.82) is 0 Å². The number of halogens is 1. The van der Waals surface area contributed by atoms with E-state index in [1.807, 2.05) is 21.9 Å². The Morgan fingerprint density at radius 3 is 2.70 bits per heavy atom. The molecule has 1 aromatic heterocycles. The van der Waals surface area contributed by atoms with E-state index in [9.17, 15) is 14.0 Å². The van der Waals surface area contributed by atoms with Gasteiger partial charge in [0.05, 0.1) is 20.8 Å². The Hall–Kier alpha value is -2.39. The number of hydrogen-bond acceptors (Lipinski definition) is 7. The Labute approximate surface area is 182 Å². The van der Waals surface area contributed by atoms with Crippen LogP contribution in [-0.2, 0) is 4.79 Å². The Bertz CT molecular complexity index is 1050. The van der Waals surface area contributed by atoms with Gasteiger partial charge in [-0.15, -0.1) is 23.1 Å². The van der Waals surface area contributed by atoms with Crippen molar-refractivity contribution in [1.82, 2.24) is 10.3 Å². The lowest BCUT2D eigenvalue weighted by atomic mass is 9.92. The van der Waals surface area contributed by atoms with Crippen LogP contribution < -0.4 is 10.3 Å². The minimum atomic E-state index is -0.236. The van der Waals surface area contributed by atoms with Gasteiger partial charge in [-0.2, -0.15) is 5.10 Å². The molecular formula is C21H21FN4O2S2. The number of thioether (sulfide) groups is 1. The van der Waals surface area contributed by atoms with Crippen LogP contribution in [0.5, 0.6) is 0 Å². The molecule has 156 valence electrons. The average Bonchev–Trinajstić information content (AvgIpc) is 3.38. The van der Waals surface area contributed by atoms with Gasteiger partial charge in [0.2, 0.25) is 0 Å². The quantitative estimate of drug-likeness (QED) is 0.737. The van der Waals surface area contributed by atoms with E-state index >= 15 is 0 Å². The van der Waals surface area contributed by atoms with E-state index in [1.54, 1.807) is 30.8 Å². The first-order chi connectivity index (χ1) is 14.5. The lowest BCUT2D eigenvalue weighted by molar-refractivity contribution is -0.124. The zero-order valence-corrected chi connectivity index (χ0v) is 18.1. The molecule has 1 fully saturated rings. The first-order valence-corrected chi connectivity index (χ1v) is 11.7. The number of carbonyl (C=O) groups excluding carboxylic acids is 2. The van der Waals surface area contributed by atoms with Crippen molar-refractivity contribution in [2.45, 2.75) is 17.2 Å². The lowest BCUT2D eigenvalue weighted by Crippen LogP contribution is -2.51. The van der Waals surface area contributed by atoms with Crippen molar-refractivity contribution in [2.75, 3.05) is 36.8 Å². The number of hydrazone groups is 1. The van der Waals surface area contributed by atoms with Crippen LogP contribution in [0.3, 0.4) is 0 Å². The number of fused-ring (bicyclic) bond motifs is 3. The predicted octanol–water partition coefficient (Wildman–Crippen LogP) is 3.16. The van der Waals surface area contributed by atoms with Crippen LogP contribution in [0.2, 0.25) is 0 Å². The minimum Gasteiger partial charge on any atom is -0.366 e. The molecule has 2 aromatic rings. The van der Waals surface area contributed by atoms with Gasteiger partial charge in [-0.1, -0.05) is 12.1 Å². The number of benzene rings is 1. The number of anilines is 1. The molecule has 1 saturated heterocycles. The first-order valence-electron chi connectivity index (χ1n) is 9.92. The van der Waals surface area contributed by atoms with Crippen molar-refractivity contribution >= 4 is 46.2 Å². The topological polar surface area (TPSA) is 65.0 Å². The van der Waals surface area contributed by atoms with Gasteiger partial charge in [0.1, 0.15) is 11.5 Å². The molecule has 1 aromatic carbocycles. The number of nitrogens with zero attached hydrogens (tertiary/aromatic N) is 3. The summed E-state index contributed by atoms with van der Waals surface area (Å²) in [6, 6.07) is 8.63. The SMILES string of the molecule is CC(=O)c1cc2c(s1)SCC1C(C(=O)N3CCN(c4ccccc4F)CC3)=NNC21. The highest BCUT2D eigenvalue weighted by Crippen LogP contribution is 2.46. The average molecular weight is 445 g/mol. The van der Waals surface area contributed by atoms with Crippen molar-refractivity contribution < 1.29 is 14.0 Å². The molecule has 0 spiro atoms. The molecule has 3 aliphatic heterocycles. The molecule has 4 heterocycles. The number of thiophene rings is 1. The van der Waals surface area contributed by atoms with E-state index in [0.717, 1.165) is 20.4 Å². The van der Waals surface area contributed by atoms with Crippen LogP contribution in [0.25, 0.3) is 0 Å². The molecule has 30 heavy (non-hydrogen) atoms. The van der Waals surface area contributed by atoms with E-state index < -0.39 is 0 Å². The van der Waals surface area contributed by atoms with Crippen LogP contribution in [0.15, 0.2) is 39.6 Å². The van der Waals surface area contributed by atoms with Gasteiger partial charge in [-0.05, 0) is 25.1 Å². The monoisotopic (exact) mass is 444 g/mol. The third-order valence-electron chi connectivity index (χ3n) is 5.86. The summed E-state index contributed by atoms with van der Waals surface area (Å²) in [5, 5.41) is 4.41. The zero-order valence-electron chi connectivity index (χ0n) is 16.4. The normalized spacial score (nSPS) is 22.8. The highest BCUT2D eigenvalue weighted by molar-refractivity contribution is 8.01. The Kier molecular flexibility index (Phi) is 5.02. The number of para-hydroxylation sites is 1. The van der Waals surface area contributed by atoms with Gasteiger partial charge in [-0.25, -0.2) is 4.39 Å². The summed E-state index contributed by atoms with van der Waals surface area (Å²) in [4.78, 5) is 29.5. The molecule has 1 N–H and O–H groups in total. The van der Waals surface area contributed by atoms with Crippen molar-refractivity contribution in [2.24, 2.45) is 11.0 Å². The van der Waals surface area contributed by atoms with Crippen molar-refractivity contribution in [3.8, 4) is 0 Å². The standard InChI is InChI=1S/C21H21FN4O2S2/c1-12(27)17-10-13-18-14(11-29-21(13)30-17)19(24-23-18)20(28)26-8-6-25(7-9-26)16-5-3-2-4-15(16)22/h2-5,10,14,18,23H,6-9,11H2,1H3. The number of Topliss-reactive ketones (excluding diaryl/α,β-unsaturated/α-hetero) is 1. The third kappa shape index (κ3) is 3.30. The summed E-state index contributed by atoms with van der Waals surface area (Å²) in [6.45, 7) is 3.83. The molecule has 2 unspecified atom stereocenters. The zero-order chi connectivity index (χ0) is 20.8. The van der Waals surface area contributed by atoms with Crippen LogP contribution >= 0.6 is 23.1 Å². The minimum absolute atomic E-state index is 0.00555. The van der Waals surface area contributed by atoms with E-state index in [1.165, 1.54) is 17.4 Å². The number of rotatable bonds is 3. The third-order valence-corrected chi connectivity index (χ3v) is 8.53. The van der Waals surface area contributed by atoms with Crippen molar-refractivity contribution in [3.05, 3.63) is 46.6 Å². The van der Waals surface area contributed by atoms with E-state index in [0.29, 0.717) is 37.6 Å². The van der Waals surface area contributed by atoms with Crippen LogP contribution in [0.1, 0.15) is 28.2 Å². The molecule has 1 amide bonds. The Morgan fingerprint density at radius 1 is 1.20 bits per heavy atom. The summed E-state index contributed by atoms with van der Waals surface area (Å²) in [5.74, 6) is 0.542. The van der Waals surface area contributed by atoms with Crippen LogP contribution in [0, 0.1) is 11.7 Å². The number of piperazine rings is 1. The number of carbonyl (C=O) groups is 2.